The van der Waals surface area contributed by atoms with E-state index in [0.29, 0.717) is 0 Å². The van der Waals surface area contributed by atoms with E-state index in [1.54, 1.807) is 14.0 Å². The number of rotatable bonds is 3. The number of piperazine rings is 1. The third-order valence-corrected chi connectivity index (χ3v) is 3.66. The van der Waals surface area contributed by atoms with Gasteiger partial charge in [0.05, 0.1) is 7.11 Å². The van der Waals surface area contributed by atoms with Crippen LogP contribution in [0.3, 0.4) is 0 Å². The van der Waals surface area contributed by atoms with Crippen molar-refractivity contribution in [2.75, 3.05) is 26.7 Å². The van der Waals surface area contributed by atoms with Gasteiger partial charge in [-0.05, 0) is 24.6 Å². The van der Waals surface area contributed by atoms with Crippen molar-refractivity contribution in [3.05, 3.63) is 29.8 Å². The van der Waals surface area contributed by atoms with Gasteiger partial charge in [0, 0.05) is 39.1 Å². The van der Waals surface area contributed by atoms with E-state index in [1.165, 1.54) is 5.56 Å². The first-order chi connectivity index (χ1) is 9.10. The van der Waals surface area contributed by atoms with Gasteiger partial charge in [-0.2, -0.15) is 0 Å². The van der Waals surface area contributed by atoms with Crippen molar-refractivity contribution in [2.24, 2.45) is 0 Å². The van der Waals surface area contributed by atoms with Crippen LogP contribution in [0.25, 0.3) is 0 Å². The molecule has 1 aliphatic heterocycles. The summed E-state index contributed by atoms with van der Waals surface area (Å²) in [5.41, 5.74) is 1.25. The molecular weight excluding hydrogens is 240 g/mol. The predicted molar refractivity (Wildman–Crippen MR) is 75.1 cm³/mol. The lowest BCUT2D eigenvalue weighted by molar-refractivity contribution is -0.133. The molecular formula is C15H22N2O2. The second-order valence-electron chi connectivity index (χ2n) is 5.15. The fourth-order valence-corrected chi connectivity index (χ4v) is 2.67. The smallest absolute Gasteiger partial charge is 0.219 e. The lowest BCUT2D eigenvalue weighted by atomic mass is 10.1. The Balaban J connectivity index is 1.95. The molecule has 4 nitrogen and oxygen atoms in total. The first-order valence-corrected chi connectivity index (χ1v) is 6.72. The zero-order valence-electron chi connectivity index (χ0n) is 11.9. The van der Waals surface area contributed by atoms with E-state index in [0.717, 1.165) is 31.9 Å². The molecule has 1 atom stereocenters. The maximum Gasteiger partial charge on any atom is 0.219 e. The lowest BCUT2D eigenvalue weighted by Crippen LogP contribution is -2.52. The molecule has 4 heteroatoms. The molecule has 19 heavy (non-hydrogen) atoms. The highest BCUT2D eigenvalue weighted by molar-refractivity contribution is 5.73. The van der Waals surface area contributed by atoms with Crippen LogP contribution in [0.5, 0.6) is 5.75 Å². The lowest BCUT2D eigenvalue weighted by Gasteiger charge is -2.39. The molecule has 1 heterocycles. The Morgan fingerprint density at radius 3 is 2.84 bits per heavy atom. The molecule has 0 radical (unpaired) electrons. The van der Waals surface area contributed by atoms with Crippen molar-refractivity contribution in [1.29, 1.82) is 0 Å². The summed E-state index contributed by atoms with van der Waals surface area (Å²) in [5, 5.41) is 0. The maximum atomic E-state index is 11.4. The molecule has 0 unspecified atom stereocenters. The van der Waals surface area contributed by atoms with E-state index in [1.807, 2.05) is 17.0 Å². The molecule has 0 saturated carbocycles. The number of benzene rings is 1. The monoisotopic (exact) mass is 262 g/mol. The average molecular weight is 262 g/mol. The van der Waals surface area contributed by atoms with Gasteiger partial charge in [-0.25, -0.2) is 0 Å². The van der Waals surface area contributed by atoms with Gasteiger partial charge in [0.15, 0.2) is 0 Å². The second kappa shape index (κ2) is 6.06. The zero-order valence-corrected chi connectivity index (χ0v) is 11.9. The van der Waals surface area contributed by atoms with Crippen molar-refractivity contribution >= 4 is 5.91 Å². The standard InChI is InChI=1S/C15H22N2O2/c1-12-10-16(7-8-17(12)13(2)18)11-14-5-4-6-15(9-14)19-3/h4-6,9,12H,7-8,10-11H2,1-3H3/t12-/m0/s1. The number of amides is 1. The van der Waals surface area contributed by atoms with Gasteiger partial charge in [0.25, 0.3) is 0 Å². The van der Waals surface area contributed by atoms with Crippen LogP contribution < -0.4 is 4.74 Å². The molecule has 0 bridgehead atoms. The van der Waals surface area contributed by atoms with E-state index >= 15 is 0 Å². The van der Waals surface area contributed by atoms with Crippen molar-refractivity contribution in [3.63, 3.8) is 0 Å². The highest BCUT2D eigenvalue weighted by Gasteiger charge is 2.25. The molecule has 2 rings (SSSR count). The molecule has 1 aliphatic rings. The van der Waals surface area contributed by atoms with E-state index < -0.39 is 0 Å². The molecule has 1 aromatic carbocycles. The van der Waals surface area contributed by atoms with Gasteiger partial charge in [-0.1, -0.05) is 12.1 Å². The topological polar surface area (TPSA) is 32.8 Å². The first-order valence-electron chi connectivity index (χ1n) is 6.72. The number of hydrogen-bond donors (Lipinski definition) is 0. The van der Waals surface area contributed by atoms with Crippen molar-refractivity contribution in [3.8, 4) is 5.75 Å². The number of ether oxygens (including phenoxy) is 1. The highest BCUT2D eigenvalue weighted by atomic mass is 16.5. The maximum absolute atomic E-state index is 11.4. The second-order valence-corrected chi connectivity index (χ2v) is 5.15. The molecule has 104 valence electrons. The summed E-state index contributed by atoms with van der Waals surface area (Å²) in [5.74, 6) is 1.07. The number of nitrogens with zero attached hydrogens (tertiary/aromatic N) is 2. The largest absolute Gasteiger partial charge is 0.497 e. The van der Waals surface area contributed by atoms with Gasteiger partial charge >= 0.3 is 0 Å². The summed E-state index contributed by atoms with van der Waals surface area (Å²) in [6.07, 6.45) is 0. The van der Waals surface area contributed by atoms with Gasteiger partial charge in [0.1, 0.15) is 5.75 Å². The molecule has 1 amide bonds. The SMILES string of the molecule is COc1cccc(CN2CCN(C(C)=O)[C@@H](C)C2)c1. The molecule has 1 saturated heterocycles. The average Bonchev–Trinajstić information content (AvgIpc) is 2.38. The summed E-state index contributed by atoms with van der Waals surface area (Å²) in [6.45, 7) is 7.35. The Morgan fingerprint density at radius 2 is 2.21 bits per heavy atom. The predicted octanol–water partition coefficient (Wildman–Crippen LogP) is 1.75. The van der Waals surface area contributed by atoms with Gasteiger partial charge in [-0.15, -0.1) is 0 Å². The Kier molecular flexibility index (Phi) is 4.43. The van der Waals surface area contributed by atoms with Crippen LogP contribution in [-0.4, -0.2) is 48.5 Å². The fourth-order valence-electron chi connectivity index (χ4n) is 2.67. The Labute approximate surface area is 115 Å². The normalized spacial score (nSPS) is 20.4. The summed E-state index contributed by atoms with van der Waals surface area (Å²) in [4.78, 5) is 15.8. The van der Waals surface area contributed by atoms with Gasteiger partial charge in [-0.3, -0.25) is 9.69 Å². The van der Waals surface area contributed by atoms with E-state index in [4.69, 9.17) is 4.74 Å². The van der Waals surface area contributed by atoms with Crippen LogP contribution in [0.4, 0.5) is 0 Å². The first kappa shape index (κ1) is 13.9. The van der Waals surface area contributed by atoms with Gasteiger partial charge < -0.3 is 9.64 Å². The summed E-state index contributed by atoms with van der Waals surface area (Å²) >= 11 is 0. The molecule has 0 N–H and O–H groups in total. The summed E-state index contributed by atoms with van der Waals surface area (Å²) in [7, 11) is 1.69. The van der Waals surface area contributed by atoms with Crippen molar-refractivity contribution in [1.82, 2.24) is 9.80 Å². The fraction of sp³-hybridized carbons (Fsp3) is 0.533. The highest BCUT2D eigenvalue weighted by Crippen LogP contribution is 2.17. The van der Waals surface area contributed by atoms with E-state index in [2.05, 4.69) is 24.0 Å². The minimum absolute atomic E-state index is 0.175. The summed E-state index contributed by atoms with van der Waals surface area (Å²) in [6, 6.07) is 8.45. The molecule has 1 fully saturated rings. The van der Waals surface area contributed by atoms with Crippen LogP contribution in [0.2, 0.25) is 0 Å². The van der Waals surface area contributed by atoms with Crippen LogP contribution in [0.1, 0.15) is 19.4 Å². The zero-order chi connectivity index (χ0) is 13.8. The van der Waals surface area contributed by atoms with Crippen LogP contribution in [0.15, 0.2) is 24.3 Å². The van der Waals surface area contributed by atoms with E-state index in [9.17, 15) is 4.79 Å². The molecule has 0 aliphatic carbocycles. The van der Waals surface area contributed by atoms with Crippen LogP contribution >= 0.6 is 0 Å². The summed E-state index contributed by atoms with van der Waals surface area (Å²) < 4.78 is 5.24. The minimum Gasteiger partial charge on any atom is -0.497 e. The van der Waals surface area contributed by atoms with Crippen molar-refractivity contribution in [2.45, 2.75) is 26.4 Å². The van der Waals surface area contributed by atoms with Crippen LogP contribution in [-0.2, 0) is 11.3 Å². The Hall–Kier alpha value is -1.55. The quantitative estimate of drug-likeness (QED) is 0.832. The molecule has 0 spiro atoms. The third kappa shape index (κ3) is 3.47. The third-order valence-electron chi connectivity index (χ3n) is 3.66. The number of hydrogen-bond acceptors (Lipinski definition) is 3. The number of carbonyl (C=O) groups is 1. The van der Waals surface area contributed by atoms with Crippen LogP contribution in [0, 0.1) is 0 Å². The van der Waals surface area contributed by atoms with Gasteiger partial charge in [0.2, 0.25) is 5.91 Å². The van der Waals surface area contributed by atoms with Crippen molar-refractivity contribution < 1.29 is 9.53 Å². The molecule has 1 aromatic rings. The number of carbonyl (C=O) groups excluding carboxylic acids is 1. The Morgan fingerprint density at radius 1 is 1.42 bits per heavy atom. The van der Waals surface area contributed by atoms with E-state index in [-0.39, 0.29) is 11.9 Å². The minimum atomic E-state index is 0.175. The number of methoxy groups -OCH3 is 1. The Bertz CT molecular complexity index is 448. The molecule has 0 aromatic heterocycles.